The molecule has 1 aromatic heterocycles. The summed E-state index contributed by atoms with van der Waals surface area (Å²) in [4.78, 5) is 15.2. The first-order valence-electron chi connectivity index (χ1n) is 7.19. The maximum absolute atomic E-state index is 13.2. The molecule has 0 saturated carbocycles. The number of hydrogen-bond acceptors (Lipinski definition) is 2. The van der Waals surface area contributed by atoms with E-state index in [0.29, 0.717) is 5.69 Å². The van der Waals surface area contributed by atoms with Gasteiger partial charge in [0.25, 0.3) is 0 Å². The second-order valence-corrected chi connectivity index (χ2v) is 5.12. The van der Waals surface area contributed by atoms with Crippen LogP contribution in [0.5, 0.6) is 0 Å². The molecular formula is C19H15FN2O. The molecule has 1 unspecified atom stereocenters. The Morgan fingerprint density at radius 3 is 2.57 bits per heavy atom. The summed E-state index contributed by atoms with van der Waals surface area (Å²) in [5.74, 6) is -0.274. The molecule has 0 aliphatic carbocycles. The minimum atomic E-state index is -0.274. The molecule has 0 N–H and O–H groups in total. The smallest absolute Gasteiger partial charge is 0.168 e. The highest BCUT2D eigenvalue weighted by Gasteiger charge is 2.17. The molecule has 0 amide bonds. The molecule has 114 valence electrons. The van der Waals surface area contributed by atoms with E-state index in [0.717, 1.165) is 23.0 Å². The second-order valence-electron chi connectivity index (χ2n) is 5.12. The van der Waals surface area contributed by atoms with Crippen molar-refractivity contribution < 1.29 is 9.18 Å². The molecule has 0 aliphatic heterocycles. The number of carbonyl (C=O) groups is 1. The van der Waals surface area contributed by atoms with E-state index in [9.17, 15) is 9.18 Å². The number of carbonyl (C=O) groups excluding carboxylic acids is 1. The van der Waals surface area contributed by atoms with Gasteiger partial charge in [-0.2, -0.15) is 0 Å². The first-order chi connectivity index (χ1) is 11.2. The number of hydrogen-bond donors (Lipinski definition) is 0. The van der Waals surface area contributed by atoms with Crippen molar-refractivity contribution in [2.45, 2.75) is 6.04 Å². The van der Waals surface area contributed by atoms with Crippen molar-refractivity contribution in [3.63, 3.8) is 0 Å². The van der Waals surface area contributed by atoms with Gasteiger partial charge in [-0.25, -0.2) is 9.37 Å². The Balaban J connectivity index is 2.14. The van der Waals surface area contributed by atoms with Crippen LogP contribution in [0.15, 0.2) is 73.7 Å². The minimum Gasteiger partial charge on any atom is -0.317 e. The van der Waals surface area contributed by atoms with Crippen LogP contribution in [0.2, 0.25) is 0 Å². The lowest BCUT2D eigenvalue weighted by atomic mass is 9.94. The molecule has 0 spiro atoms. The number of aromatic nitrogens is 2. The van der Waals surface area contributed by atoms with E-state index < -0.39 is 0 Å². The van der Waals surface area contributed by atoms with Gasteiger partial charge in [0.1, 0.15) is 11.5 Å². The Labute approximate surface area is 133 Å². The number of allylic oxidation sites excluding steroid dienone is 1. The van der Waals surface area contributed by atoms with Gasteiger partial charge in [-0.1, -0.05) is 42.5 Å². The Hall–Kier alpha value is -3.01. The first-order valence-corrected chi connectivity index (χ1v) is 7.19. The van der Waals surface area contributed by atoms with E-state index in [4.69, 9.17) is 0 Å². The molecule has 0 saturated heterocycles. The number of rotatable bonds is 5. The lowest BCUT2D eigenvalue weighted by molar-refractivity contribution is 0.111. The van der Waals surface area contributed by atoms with Crippen LogP contribution in [0.1, 0.15) is 22.1 Å². The van der Waals surface area contributed by atoms with Crippen molar-refractivity contribution in [3.05, 3.63) is 90.8 Å². The molecule has 3 nitrogen and oxygen atoms in total. The summed E-state index contributed by atoms with van der Waals surface area (Å²) in [7, 11) is 0. The fourth-order valence-corrected chi connectivity index (χ4v) is 2.68. The maximum Gasteiger partial charge on any atom is 0.168 e. The zero-order valence-electron chi connectivity index (χ0n) is 12.4. The third kappa shape index (κ3) is 2.83. The van der Waals surface area contributed by atoms with Crippen LogP contribution in [-0.2, 0) is 0 Å². The summed E-state index contributed by atoms with van der Waals surface area (Å²) in [5, 5.41) is 0. The van der Waals surface area contributed by atoms with Crippen molar-refractivity contribution in [1.82, 2.24) is 9.55 Å². The Bertz CT molecular complexity index is 837. The summed E-state index contributed by atoms with van der Waals surface area (Å²) in [6.07, 6.45) is 5.66. The SMILES string of the molecule is C=CC(c1ccccc1-c1ccc(F)cc1)n1cncc1C=O. The van der Waals surface area contributed by atoms with Crippen LogP contribution in [0.4, 0.5) is 4.39 Å². The predicted octanol–water partition coefficient (Wildman–Crippen LogP) is 4.28. The number of benzene rings is 2. The molecule has 2 aromatic carbocycles. The highest BCUT2D eigenvalue weighted by Crippen LogP contribution is 2.31. The van der Waals surface area contributed by atoms with Gasteiger partial charge < -0.3 is 4.57 Å². The monoisotopic (exact) mass is 306 g/mol. The van der Waals surface area contributed by atoms with Crippen molar-refractivity contribution in [2.24, 2.45) is 0 Å². The van der Waals surface area contributed by atoms with Crippen LogP contribution in [-0.4, -0.2) is 15.8 Å². The normalized spacial score (nSPS) is 11.9. The molecule has 0 radical (unpaired) electrons. The molecule has 1 heterocycles. The fourth-order valence-electron chi connectivity index (χ4n) is 2.68. The third-order valence-corrected chi connectivity index (χ3v) is 3.77. The predicted molar refractivity (Wildman–Crippen MR) is 87.8 cm³/mol. The summed E-state index contributed by atoms with van der Waals surface area (Å²) < 4.78 is 14.9. The molecule has 0 bridgehead atoms. The van der Waals surface area contributed by atoms with E-state index in [1.807, 2.05) is 24.3 Å². The topological polar surface area (TPSA) is 34.9 Å². The Morgan fingerprint density at radius 1 is 1.13 bits per heavy atom. The van der Waals surface area contributed by atoms with Crippen LogP contribution < -0.4 is 0 Å². The number of imidazole rings is 1. The van der Waals surface area contributed by atoms with Gasteiger partial charge in [0.15, 0.2) is 6.29 Å². The molecular weight excluding hydrogens is 291 g/mol. The van der Waals surface area contributed by atoms with Gasteiger partial charge in [0, 0.05) is 0 Å². The summed E-state index contributed by atoms with van der Waals surface area (Å²) >= 11 is 0. The molecule has 0 aliphatic rings. The van der Waals surface area contributed by atoms with Gasteiger partial charge >= 0.3 is 0 Å². The lowest BCUT2D eigenvalue weighted by Crippen LogP contribution is -2.11. The van der Waals surface area contributed by atoms with Gasteiger partial charge in [-0.05, 0) is 28.8 Å². The summed E-state index contributed by atoms with van der Waals surface area (Å²) in [6, 6.07) is 13.9. The van der Waals surface area contributed by atoms with E-state index in [1.165, 1.54) is 18.3 Å². The summed E-state index contributed by atoms with van der Waals surface area (Å²) in [5.41, 5.74) is 3.31. The maximum atomic E-state index is 13.2. The van der Waals surface area contributed by atoms with E-state index in [2.05, 4.69) is 11.6 Å². The number of nitrogens with zero attached hydrogens (tertiary/aromatic N) is 2. The molecule has 3 aromatic rings. The van der Waals surface area contributed by atoms with Crippen LogP contribution >= 0.6 is 0 Å². The van der Waals surface area contributed by atoms with Crippen LogP contribution in [0.3, 0.4) is 0 Å². The zero-order chi connectivity index (χ0) is 16.2. The molecule has 4 heteroatoms. The van der Waals surface area contributed by atoms with Crippen LogP contribution in [0.25, 0.3) is 11.1 Å². The average Bonchev–Trinajstić information content (AvgIpc) is 3.05. The molecule has 0 fully saturated rings. The van der Waals surface area contributed by atoms with Crippen molar-refractivity contribution in [3.8, 4) is 11.1 Å². The van der Waals surface area contributed by atoms with Crippen LogP contribution in [0, 0.1) is 5.82 Å². The highest BCUT2D eigenvalue weighted by atomic mass is 19.1. The Kier molecular flexibility index (Phi) is 4.15. The van der Waals surface area contributed by atoms with Crippen molar-refractivity contribution >= 4 is 6.29 Å². The zero-order valence-corrected chi connectivity index (χ0v) is 12.4. The molecule has 1 atom stereocenters. The standard InChI is InChI=1S/C19H15FN2O/c1-2-19(22-13-21-11-16(22)12-23)18-6-4-3-5-17(18)14-7-9-15(20)10-8-14/h2-13,19H,1H2. The third-order valence-electron chi connectivity index (χ3n) is 3.77. The average molecular weight is 306 g/mol. The Morgan fingerprint density at radius 2 is 1.87 bits per heavy atom. The van der Waals surface area contributed by atoms with Gasteiger partial charge in [-0.15, -0.1) is 6.58 Å². The van der Waals surface area contributed by atoms with E-state index in [-0.39, 0.29) is 11.9 Å². The second kappa shape index (κ2) is 6.40. The van der Waals surface area contributed by atoms with Gasteiger partial charge in [-0.3, -0.25) is 4.79 Å². The molecule has 3 rings (SSSR count). The highest BCUT2D eigenvalue weighted by molar-refractivity contribution is 5.73. The number of halogens is 1. The lowest BCUT2D eigenvalue weighted by Gasteiger charge is -2.20. The first kappa shape index (κ1) is 14.9. The fraction of sp³-hybridized carbons (Fsp3) is 0.0526. The minimum absolute atomic E-state index is 0.237. The molecule has 23 heavy (non-hydrogen) atoms. The largest absolute Gasteiger partial charge is 0.317 e. The van der Waals surface area contributed by atoms with E-state index in [1.54, 1.807) is 29.1 Å². The van der Waals surface area contributed by atoms with Gasteiger partial charge in [0.05, 0.1) is 18.6 Å². The van der Waals surface area contributed by atoms with Crippen molar-refractivity contribution in [1.29, 1.82) is 0 Å². The summed E-state index contributed by atoms with van der Waals surface area (Å²) in [6.45, 7) is 3.89. The van der Waals surface area contributed by atoms with Crippen molar-refractivity contribution in [2.75, 3.05) is 0 Å². The number of aldehydes is 1. The van der Waals surface area contributed by atoms with E-state index >= 15 is 0 Å². The van der Waals surface area contributed by atoms with Gasteiger partial charge in [0.2, 0.25) is 0 Å². The quantitative estimate of drug-likeness (QED) is 0.521.